The van der Waals surface area contributed by atoms with Gasteiger partial charge in [0, 0.05) is 38.5 Å². The molecule has 1 aliphatic carbocycles. The van der Waals surface area contributed by atoms with Gasteiger partial charge in [-0.05, 0) is 30.9 Å². The van der Waals surface area contributed by atoms with E-state index < -0.39 is 0 Å². The third-order valence-corrected chi connectivity index (χ3v) is 3.55. The summed E-state index contributed by atoms with van der Waals surface area (Å²) >= 11 is 0. The maximum atomic E-state index is 5.07. The lowest BCUT2D eigenvalue weighted by molar-refractivity contribution is 0.199. The van der Waals surface area contributed by atoms with E-state index in [9.17, 15) is 0 Å². The molecule has 1 N–H and O–H groups in total. The van der Waals surface area contributed by atoms with Crippen molar-refractivity contribution >= 4 is 5.69 Å². The normalized spacial score (nSPS) is 14.6. The number of nitrogens with one attached hydrogen (secondary N) is 1. The molecule has 0 bridgehead atoms. The number of benzene rings is 1. The molecule has 106 valence electrons. The Morgan fingerprint density at radius 1 is 1.32 bits per heavy atom. The van der Waals surface area contributed by atoms with Gasteiger partial charge in [-0.25, -0.2) is 0 Å². The molecule has 2 rings (SSSR count). The number of nitrogens with zero attached hydrogens (tertiary/aromatic N) is 1. The minimum atomic E-state index is 0.767. The van der Waals surface area contributed by atoms with Crippen LogP contribution in [0.3, 0.4) is 0 Å². The standard InChI is InChI=1S/C16H26N2O/c1-3-11-18(15-8-9-15)16-7-5-4-6-14(16)13-17-10-12-19-2/h4-7,15,17H,3,8-13H2,1-2H3. The molecule has 0 aliphatic heterocycles. The van der Waals surface area contributed by atoms with Gasteiger partial charge >= 0.3 is 0 Å². The van der Waals surface area contributed by atoms with Gasteiger partial charge in [-0.3, -0.25) is 0 Å². The van der Waals surface area contributed by atoms with Gasteiger partial charge in [-0.1, -0.05) is 25.1 Å². The van der Waals surface area contributed by atoms with Crippen LogP contribution >= 0.6 is 0 Å². The summed E-state index contributed by atoms with van der Waals surface area (Å²) in [7, 11) is 1.74. The summed E-state index contributed by atoms with van der Waals surface area (Å²) in [6.45, 7) is 6.02. The van der Waals surface area contributed by atoms with Crippen LogP contribution in [0.4, 0.5) is 5.69 Å². The Balaban J connectivity index is 2.01. The maximum absolute atomic E-state index is 5.07. The van der Waals surface area contributed by atoms with Crippen molar-refractivity contribution < 1.29 is 4.74 Å². The van der Waals surface area contributed by atoms with Crippen LogP contribution in [0.1, 0.15) is 31.7 Å². The van der Waals surface area contributed by atoms with E-state index in [1.165, 1.54) is 37.1 Å². The maximum Gasteiger partial charge on any atom is 0.0587 e. The van der Waals surface area contributed by atoms with Gasteiger partial charge in [0.15, 0.2) is 0 Å². The third-order valence-electron chi connectivity index (χ3n) is 3.55. The first-order chi connectivity index (χ1) is 9.36. The Morgan fingerprint density at radius 2 is 2.11 bits per heavy atom. The van der Waals surface area contributed by atoms with Crippen molar-refractivity contribution in [1.82, 2.24) is 5.32 Å². The van der Waals surface area contributed by atoms with Crippen LogP contribution in [0, 0.1) is 0 Å². The number of hydrogen-bond donors (Lipinski definition) is 1. The van der Waals surface area contributed by atoms with E-state index in [1.807, 2.05) is 0 Å². The topological polar surface area (TPSA) is 24.5 Å². The van der Waals surface area contributed by atoms with Crippen molar-refractivity contribution in [3.63, 3.8) is 0 Å². The summed E-state index contributed by atoms with van der Waals surface area (Å²) in [6.07, 6.45) is 3.92. The first-order valence-electron chi connectivity index (χ1n) is 7.41. The average molecular weight is 262 g/mol. The van der Waals surface area contributed by atoms with E-state index in [0.29, 0.717) is 0 Å². The van der Waals surface area contributed by atoms with E-state index in [1.54, 1.807) is 7.11 Å². The lowest BCUT2D eigenvalue weighted by atomic mass is 10.1. The fourth-order valence-corrected chi connectivity index (χ4v) is 2.46. The molecule has 1 fully saturated rings. The Hall–Kier alpha value is -1.06. The van der Waals surface area contributed by atoms with Crippen molar-refractivity contribution in [3.8, 4) is 0 Å². The van der Waals surface area contributed by atoms with Crippen molar-refractivity contribution in [2.45, 2.75) is 38.8 Å². The molecule has 0 heterocycles. The molecular weight excluding hydrogens is 236 g/mol. The number of para-hydroxylation sites is 1. The van der Waals surface area contributed by atoms with Crippen LogP contribution in [0.5, 0.6) is 0 Å². The molecule has 0 spiro atoms. The number of ether oxygens (including phenoxy) is 1. The highest BCUT2D eigenvalue weighted by Gasteiger charge is 2.29. The van der Waals surface area contributed by atoms with Gasteiger partial charge < -0.3 is 15.0 Å². The summed E-state index contributed by atoms with van der Waals surface area (Å²) in [5, 5.41) is 3.45. The highest BCUT2D eigenvalue weighted by Crippen LogP contribution is 2.33. The molecular formula is C16H26N2O. The largest absolute Gasteiger partial charge is 0.383 e. The summed E-state index contributed by atoms with van der Waals surface area (Å²) in [5.41, 5.74) is 2.82. The second kappa shape index (κ2) is 7.51. The Labute approximate surface area is 116 Å². The van der Waals surface area contributed by atoms with Crippen molar-refractivity contribution in [3.05, 3.63) is 29.8 Å². The highest BCUT2D eigenvalue weighted by atomic mass is 16.5. The van der Waals surface area contributed by atoms with E-state index in [2.05, 4.69) is 41.4 Å². The molecule has 1 saturated carbocycles. The van der Waals surface area contributed by atoms with Gasteiger partial charge in [-0.15, -0.1) is 0 Å². The van der Waals surface area contributed by atoms with Gasteiger partial charge in [0.25, 0.3) is 0 Å². The fourth-order valence-electron chi connectivity index (χ4n) is 2.46. The van der Waals surface area contributed by atoms with Crippen LogP contribution < -0.4 is 10.2 Å². The summed E-state index contributed by atoms with van der Waals surface area (Å²) in [5.74, 6) is 0. The molecule has 0 unspecified atom stereocenters. The second-order valence-corrected chi connectivity index (χ2v) is 5.22. The minimum Gasteiger partial charge on any atom is -0.383 e. The number of rotatable bonds is 9. The Kier molecular flexibility index (Phi) is 5.67. The highest BCUT2D eigenvalue weighted by molar-refractivity contribution is 5.55. The average Bonchev–Trinajstić information content (AvgIpc) is 3.26. The minimum absolute atomic E-state index is 0.767. The quantitative estimate of drug-likeness (QED) is 0.693. The summed E-state index contributed by atoms with van der Waals surface area (Å²) < 4.78 is 5.07. The predicted molar refractivity (Wildman–Crippen MR) is 80.7 cm³/mol. The lowest BCUT2D eigenvalue weighted by Crippen LogP contribution is -2.28. The summed E-state index contributed by atoms with van der Waals surface area (Å²) in [4.78, 5) is 2.59. The smallest absolute Gasteiger partial charge is 0.0587 e. The van der Waals surface area contributed by atoms with Crippen LogP contribution in [-0.4, -0.2) is 32.8 Å². The second-order valence-electron chi connectivity index (χ2n) is 5.22. The molecule has 0 amide bonds. The molecule has 0 atom stereocenters. The zero-order valence-electron chi connectivity index (χ0n) is 12.2. The van der Waals surface area contributed by atoms with Crippen LogP contribution in [0.2, 0.25) is 0 Å². The fraction of sp³-hybridized carbons (Fsp3) is 0.625. The van der Waals surface area contributed by atoms with Crippen molar-refractivity contribution in [1.29, 1.82) is 0 Å². The van der Waals surface area contributed by atoms with Crippen molar-refractivity contribution in [2.24, 2.45) is 0 Å². The Morgan fingerprint density at radius 3 is 2.79 bits per heavy atom. The molecule has 3 heteroatoms. The lowest BCUT2D eigenvalue weighted by Gasteiger charge is -2.27. The molecule has 0 aromatic heterocycles. The summed E-state index contributed by atoms with van der Waals surface area (Å²) in [6, 6.07) is 9.56. The van der Waals surface area contributed by atoms with Gasteiger partial charge in [-0.2, -0.15) is 0 Å². The van der Waals surface area contributed by atoms with Gasteiger partial charge in [0.05, 0.1) is 6.61 Å². The van der Waals surface area contributed by atoms with Gasteiger partial charge in [0.2, 0.25) is 0 Å². The molecule has 1 aromatic rings. The number of hydrogen-bond acceptors (Lipinski definition) is 3. The molecule has 3 nitrogen and oxygen atoms in total. The molecule has 0 saturated heterocycles. The van der Waals surface area contributed by atoms with Crippen LogP contribution in [0.25, 0.3) is 0 Å². The first kappa shape index (κ1) is 14.4. The Bertz CT molecular complexity index is 377. The molecule has 19 heavy (non-hydrogen) atoms. The van der Waals surface area contributed by atoms with E-state index >= 15 is 0 Å². The van der Waals surface area contributed by atoms with E-state index in [0.717, 1.165) is 25.7 Å². The first-order valence-corrected chi connectivity index (χ1v) is 7.41. The van der Waals surface area contributed by atoms with E-state index in [-0.39, 0.29) is 0 Å². The van der Waals surface area contributed by atoms with Crippen molar-refractivity contribution in [2.75, 3.05) is 31.7 Å². The van der Waals surface area contributed by atoms with Crippen LogP contribution in [0.15, 0.2) is 24.3 Å². The SMILES string of the molecule is CCCN(c1ccccc1CNCCOC)C1CC1. The zero-order valence-corrected chi connectivity index (χ0v) is 12.2. The molecule has 0 radical (unpaired) electrons. The third kappa shape index (κ3) is 4.22. The zero-order chi connectivity index (χ0) is 13.5. The monoisotopic (exact) mass is 262 g/mol. The van der Waals surface area contributed by atoms with Gasteiger partial charge in [0.1, 0.15) is 0 Å². The number of methoxy groups -OCH3 is 1. The van der Waals surface area contributed by atoms with E-state index in [4.69, 9.17) is 4.74 Å². The molecule has 1 aromatic carbocycles. The molecule has 1 aliphatic rings. The van der Waals surface area contributed by atoms with Crippen LogP contribution in [-0.2, 0) is 11.3 Å². The number of anilines is 1. The predicted octanol–water partition coefficient (Wildman–Crippen LogP) is 2.80.